The minimum Gasteiger partial charge on any atom is -0.387 e. The van der Waals surface area contributed by atoms with Gasteiger partial charge < -0.3 is 43.0 Å². The second-order valence-corrected chi connectivity index (χ2v) is 10.4. The summed E-state index contributed by atoms with van der Waals surface area (Å²) in [4.78, 5) is 0. The van der Waals surface area contributed by atoms with E-state index >= 15 is 0 Å². The van der Waals surface area contributed by atoms with E-state index in [1.165, 1.54) is 56.1 Å². The van der Waals surface area contributed by atoms with Gasteiger partial charge >= 0.3 is 15.6 Å². The Morgan fingerprint density at radius 2 is 0.971 bits per heavy atom. The predicted molar refractivity (Wildman–Crippen MR) is 107 cm³/mol. The van der Waals surface area contributed by atoms with Gasteiger partial charge in [-0.25, -0.2) is 0 Å². The molecular weight excluding hydrogens is 509 g/mol. The lowest BCUT2D eigenvalue weighted by molar-refractivity contribution is -0.502. The Labute approximate surface area is 200 Å². The minimum atomic E-state index is -6.17. The Morgan fingerprint density at radius 3 is 1.23 bits per heavy atom. The fourth-order valence-electron chi connectivity index (χ4n) is 4.39. The van der Waals surface area contributed by atoms with Crippen LogP contribution in [0, 0.1) is 0 Å². The Balaban J connectivity index is 2.15. The van der Waals surface area contributed by atoms with Crippen molar-refractivity contribution in [2.45, 2.75) is 93.0 Å². The third-order valence-electron chi connectivity index (χ3n) is 7.14. The van der Waals surface area contributed by atoms with Crippen LogP contribution in [0.15, 0.2) is 0 Å². The van der Waals surface area contributed by atoms with Gasteiger partial charge in [0.15, 0.2) is 0 Å². The zero-order valence-corrected chi connectivity index (χ0v) is 21.3. The molecule has 0 bridgehead atoms. The molecule has 1 aliphatic carbocycles. The monoisotopic (exact) mass is 540 g/mol. The summed E-state index contributed by atoms with van der Waals surface area (Å²) in [6.07, 6.45) is -10.00. The largest absolute Gasteiger partial charge is 0.523 e. The molecule has 3 rings (SSSR count). The molecule has 3 aliphatic rings. The SMILES string of the molecule is CO[C@@]1(C)O[C@@H]2C(O)[C@@H]3O[C@@](C)(OC)[C@](C)(OC)O[C@H]3C(OS(=O)(=O)C(F)(F)F)[C@H]2O[C@]1(C)OC. The van der Waals surface area contributed by atoms with E-state index in [4.69, 9.17) is 37.9 Å². The first-order chi connectivity index (χ1) is 15.9. The maximum Gasteiger partial charge on any atom is 0.523 e. The van der Waals surface area contributed by atoms with Crippen LogP contribution in [0.5, 0.6) is 0 Å². The fourth-order valence-corrected chi connectivity index (χ4v) is 5.01. The van der Waals surface area contributed by atoms with Gasteiger partial charge in [0.05, 0.1) is 0 Å². The van der Waals surface area contributed by atoms with Gasteiger partial charge in [-0.15, -0.1) is 0 Å². The number of halogens is 3. The van der Waals surface area contributed by atoms with Crippen molar-refractivity contribution in [2.24, 2.45) is 0 Å². The van der Waals surface area contributed by atoms with E-state index < -0.39 is 75.4 Å². The number of fused-ring (bicyclic) bond motifs is 2. The molecule has 206 valence electrons. The van der Waals surface area contributed by atoms with Gasteiger partial charge in [-0.2, -0.15) is 21.6 Å². The lowest BCUT2D eigenvalue weighted by Crippen LogP contribution is -2.79. The molecule has 2 heterocycles. The van der Waals surface area contributed by atoms with E-state index in [0.29, 0.717) is 0 Å². The Bertz CT molecular complexity index is 856. The lowest BCUT2D eigenvalue weighted by atomic mass is 9.81. The smallest absolute Gasteiger partial charge is 0.387 e. The summed E-state index contributed by atoms with van der Waals surface area (Å²) < 4.78 is 114. The van der Waals surface area contributed by atoms with Crippen LogP contribution in [0.4, 0.5) is 13.2 Å². The van der Waals surface area contributed by atoms with Gasteiger partial charge in [-0.05, 0) is 27.7 Å². The molecular formula is C19H31F3O12S. The first-order valence-corrected chi connectivity index (χ1v) is 11.9. The molecule has 0 aromatic heterocycles. The quantitative estimate of drug-likeness (QED) is 0.373. The first kappa shape index (κ1) is 28.9. The molecule has 2 saturated heterocycles. The molecule has 0 radical (unpaired) electrons. The molecule has 1 N–H and O–H groups in total. The van der Waals surface area contributed by atoms with Crippen LogP contribution in [-0.2, 0) is 52.2 Å². The van der Waals surface area contributed by atoms with E-state index in [0.717, 1.165) is 0 Å². The molecule has 16 heteroatoms. The third-order valence-corrected chi connectivity index (χ3v) is 8.18. The number of hydrogen-bond acceptors (Lipinski definition) is 12. The van der Waals surface area contributed by atoms with Gasteiger partial charge in [0.2, 0.25) is 23.1 Å². The van der Waals surface area contributed by atoms with E-state index in [1.807, 2.05) is 0 Å². The Kier molecular flexibility index (Phi) is 7.41. The second kappa shape index (κ2) is 8.97. The molecule has 0 amide bonds. The minimum absolute atomic E-state index is 1.22. The molecule has 0 aromatic carbocycles. The van der Waals surface area contributed by atoms with Gasteiger partial charge in [0.25, 0.3) is 0 Å². The summed E-state index contributed by atoms with van der Waals surface area (Å²) in [7, 11) is -1.22. The molecule has 2 unspecified atom stereocenters. The van der Waals surface area contributed by atoms with Crippen molar-refractivity contribution in [3.05, 3.63) is 0 Å². The van der Waals surface area contributed by atoms with Gasteiger partial charge in [-0.1, -0.05) is 0 Å². The van der Waals surface area contributed by atoms with Crippen molar-refractivity contribution in [3.63, 3.8) is 0 Å². The molecule has 10 atom stereocenters. The summed E-state index contributed by atoms with van der Waals surface area (Å²) in [6, 6.07) is 0. The summed E-state index contributed by atoms with van der Waals surface area (Å²) >= 11 is 0. The molecule has 12 nitrogen and oxygen atoms in total. The lowest BCUT2D eigenvalue weighted by Gasteiger charge is -2.61. The number of methoxy groups -OCH3 is 4. The molecule has 1 saturated carbocycles. The average Bonchev–Trinajstić information content (AvgIpc) is 2.78. The van der Waals surface area contributed by atoms with Crippen molar-refractivity contribution in [1.29, 1.82) is 0 Å². The molecule has 3 fully saturated rings. The summed E-state index contributed by atoms with van der Waals surface area (Å²) in [5, 5.41) is 11.2. The van der Waals surface area contributed by atoms with Gasteiger partial charge in [0.1, 0.15) is 36.6 Å². The van der Waals surface area contributed by atoms with Crippen molar-refractivity contribution < 1.29 is 68.8 Å². The third kappa shape index (κ3) is 4.29. The Morgan fingerprint density at radius 1 is 0.686 bits per heavy atom. The Hall–Kier alpha value is -0.660. The van der Waals surface area contributed by atoms with E-state index in [1.54, 1.807) is 0 Å². The highest BCUT2D eigenvalue weighted by Crippen LogP contribution is 2.50. The van der Waals surface area contributed by atoms with E-state index in [2.05, 4.69) is 4.18 Å². The summed E-state index contributed by atoms with van der Waals surface area (Å²) in [5.74, 6) is -6.93. The van der Waals surface area contributed by atoms with Crippen molar-refractivity contribution >= 4 is 10.1 Å². The average molecular weight is 541 g/mol. The zero-order chi connectivity index (χ0) is 26.8. The number of hydrogen-bond donors (Lipinski definition) is 1. The highest BCUT2D eigenvalue weighted by Gasteiger charge is 2.70. The molecule has 35 heavy (non-hydrogen) atoms. The fraction of sp³-hybridized carbons (Fsp3) is 1.00. The molecule has 0 spiro atoms. The van der Waals surface area contributed by atoms with Crippen LogP contribution < -0.4 is 0 Å². The number of rotatable bonds is 6. The highest BCUT2D eigenvalue weighted by molar-refractivity contribution is 7.87. The van der Waals surface area contributed by atoms with Gasteiger partial charge in [0, 0.05) is 28.4 Å². The predicted octanol–water partition coefficient (Wildman–Crippen LogP) is 0.614. The van der Waals surface area contributed by atoms with E-state index in [9.17, 15) is 26.7 Å². The maximum atomic E-state index is 13.3. The van der Waals surface area contributed by atoms with E-state index in [-0.39, 0.29) is 0 Å². The van der Waals surface area contributed by atoms with Crippen molar-refractivity contribution in [2.75, 3.05) is 28.4 Å². The zero-order valence-electron chi connectivity index (χ0n) is 20.4. The first-order valence-electron chi connectivity index (χ1n) is 10.5. The van der Waals surface area contributed by atoms with Crippen LogP contribution in [0.3, 0.4) is 0 Å². The second-order valence-electron chi connectivity index (χ2n) is 8.88. The molecule has 0 aromatic rings. The number of alkyl halides is 3. The standard InChI is InChI=1S/C19H31F3O12S/c1-15(26-5)17(3,28-7)32-12-10(30-15)9(23)11-13(14(12)34-35(24,25)19(20,21)22)33-18(4,29-8)16(2,27-6)31-11/h9-14,23H,1-8H3/t9?,10-,11+,12+,13-,14?,15+,16-,17+,18-. The van der Waals surface area contributed by atoms with Crippen LogP contribution in [0.1, 0.15) is 27.7 Å². The summed E-state index contributed by atoms with van der Waals surface area (Å²) in [5.41, 5.74) is -5.77. The maximum absolute atomic E-state index is 13.3. The van der Waals surface area contributed by atoms with Crippen LogP contribution in [-0.4, -0.2) is 107 Å². The van der Waals surface area contributed by atoms with Crippen LogP contribution in [0.2, 0.25) is 0 Å². The normalized spacial score (nSPS) is 48.8. The van der Waals surface area contributed by atoms with Crippen LogP contribution in [0.25, 0.3) is 0 Å². The van der Waals surface area contributed by atoms with Crippen LogP contribution >= 0.6 is 0 Å². The van der Waals surface area contributed by atoms with Crippen molar-refractivity contribution in [1.82, 2.24) is 0 Å². The topological polar surface area (TPSA) is 137 Å². The summed E-state index contributed by atoms with van der Waals surface area (Å²) in [6.45, 7) is 5.54. The van der Waals surface area contributed by atoms with Gasteiger partial charge in [-0.3, -0.25) is 4.18 Å². The van der Waals surface area contributed by atoms with Crippen molar-refractivity contribution in [3.8, 4) is 0 Å². The number of aliphatic hydroxyl groups excluding tert-OH is 1. The number of aliphatic hydroxyl groups is 1. The number of ether oxygens (including phenoxy) is 8. The highest BCUT2D eigenvalue weighted by atomic mass is 32.2. The molecule has 2 aliphatic heterocycles.